The molecule has 108 valence electrons. The van der Waals surface area contributed by atoms with Crippen LogP contribution in [0.2, 0.25) is 0 Å². The van der Waals surface area contributed by atoms with Gasteiger partial charge < -0.3 is 11.1 Å². The average molecular weight is 299 g/mol. The van der Waals surface area contributed by atoms with Crippen LogP contribution < -0.4 is 11.1 Å². The molecule has 0 fully saturated rings. The molecule has 1 heterocycles. The molecule has 0 unspecified atom stereocenters. The van der Waals surface area contributed by atoms with Crippen molar-refractivity contribution in [2.75, 3.05) is 11.9 Å². The minimum absolute atomic E-state index is 0.139. The highest BCUT2D eigenvalue weighted by Crippen LogP contribution is 2.20. The van der Waals surface area contributed by atoms with Gasteiger partial charge in [-0.25, -0.2) is 4.98 Å². The average Bonchev–Trinajstić information content (AvgIpc) is 2.78. The van der Waals surface area contributed by atoms with E-state index >= 15 is 0 Å². The maximum atomic E-state index is 12.3. The Balaban J connectivity index is 2.23. The number of rotatable bonds is 2. The van der Waals surface area contributed by atoms with Crippen LogP contribution >= 0.6 is 11.3 Å². The first-order valence-corrected chi connectivity index (χ1v) is 7.38. The second-order valence-electron chi connectivity index (χ2n) is 4.64. The number of nitrogens with two attached hydrogens (primary N) is 1. The largest absolute Gasteiger partial charge is 0.321 e. The Hall–Kier alpha value is -2.16. The van der Waals surface area contributed by atoms with Crippen molar-refractivity contribution in [2.45, 2.75) is 20.8 Å². The lowest BCUT2D eigenvalue weighted by Crippen LogP contribution is -2.11. The summed E-state index contributed by atoms with van der Waals surface area (Å²) in [5.41, 5.74) is 8.79. The highest BCUT2D eigenvalue weighted by Gasteiger charge is 2.14. The van der Waals surface area contributed by atoms with E-state index in [1.165, 1.54) is 11.3 Å². The molecule has 0 bridgehead atoms. The SMILES string of the molecule is Cc1nc(C)c(C(=O)Nc2ccc(C)c(C#CCN)c2)s1. The maximum Gasteiger partial charge on any atom is 0.267 e. The summed E-state index contributed by atoms with van der Waals surface area (Å²) in [6.45, 7) is 6.02. The van der Waals surface area contributed by atoms with Gasteiger partial charge in [-0.05, 0) is 38.5 Å². The molecule has 0 aliphatic rings. The van der Waals surface area contributed by atoms with Gasteiger partial charge in [0.1, 0.15) is 4.88 Å². The quantitative estimate of drug-likeness (QED) is 0.838. The Morgan fingerprint density at radius 2 is 2.14 bits per heavy atom. The summed E-state index contributed by atoms with van der Waals surface area (Å²) in [5, 5.41) is 3.77. The number of nitrogens with one attached hydrogen (secondary N) is 1. The lowest BCUT2D eigenvalue weighted by Gasteiger charge is -2.06. The zero-order valence-electron chi connectivity index (χ0n) is 12.3. The fraction of sp³-hybridized carbons (Fsp3) is 0.250. The minimum atomic E-state index is -0.139. The third-order valence-corrected chi connectivity index (χ3v) is 4.00. The molecule has 0 aliphatic heterocycles. The normalized spacial score (nSPS) is 9.90. The van der Waals surface area contributed by atoms with Crippen molar-refractivity contribution in [2.24, 2.45) is 5.73 Å². The molecule has 0 aliphatic carbocycles. The van der Waals surface area contributed by atoms with Crippen LogP contribution in [0.1, 0.15) is 31.5 Å². The number of thiazole rings is 1. The van der Waals surface area contributed by atoms with E-state index in [0.717, 1.165) is 27.5 Å². The number of anilines is 1. The Kier molecular flexibility index (Phi) is 4.73. The van der Waals surface area contributed by atoms with Crippen molar-refractivity contribution >= 4 is 22.9 Å². The Morgan fingerprint density at radius 3 is 2.76 bits per heavy atom. The number of hydrogen-bond acceptors (Lipinski definition) is 4. The lowest BCUT2D eigenvalue weighted by molar-refractivity contribution is 0.103. The topological polar surface area (TPSA) is 68.0 Å². The predicted octanol–water partition coefficient (Wildman–Crippen LogP) is 2.63. The fourth-order valence-corrected chi connectivity index (χ4v) is 2.73. The molecule has 4 nitrogen and oxygen atoms in total. The van der Waals surface area contributed by atoms with Gasteiger partial charge in [0.2, 0.25) is 0 Å². The molecule has 1 amide bonds. The zero-order chi connectivity index (χ0) is 15.4. The van der Waals surface area contributed by atoms with Gasteiger partial charge in [0.25, 0.3) is 5.91 Å². The van der Waals surface area contributed by atoms with Gasteiger partial charge in [-0.15, -0.1) is 11.3 Å². The van der Waals surface area contributed by atoms with Gasteiger partial charge in [0.05, 0.1) is 17.2 Å². The summed E-state index contributed by atoms with van der Waals surface area (Å²) in [6, 6.07) is 5.66. The van der Waals surface area contributed by atoms with E-state index in [1.54, 1.807) is 0 Å². The van der Waals surface area contributed by atoms with Crippen LogP contribution in [0.5, 0.6) is 0 Å². The number of amides is 1. The second kappa shape index (κ2) is 6.53. The highest BCUT2D eigenvalue weighted by atomic mass is 32.1. The summed E-state index contributed by atoms with van der Waals surface area (Å²) < 4.78 is 0. The fourth-order valence-electron chi connectivity index (χ4n) is 1.91. The molecular weight excluding hydrogens is 282 g/mol. The zero-order valence-corrected chi connectivity index (χ0v) is 13.1. The number of nitrogens with zero attached hydrogens (tertiary/aromatic N) is 1. The van der Waals surface area contributed by atoms with Crippen LogP contribution in [0.25, 0.3) is 0 Å². The van der Waals surface area contributed by atoms with E-state index in [-0.39, 0.29) is 5.91 Å². The molecule has 0 spiro atoms. The number of hydrogen-bond donors (Lipinski definition) is 2. The van der Waals surface area contributed by atoms with Crippen molar-refractivity contribution in [3.05, 3.63) is 44.9 Å². The van der Waals surface area contributed by atoms with Gasteiger partial charge in [0.15, 0.2) is 0 Å². The highest BCUT2D eigenvalue weighted by molar-refractivity contribution is 7.13. The standard InChI is InChI=1S/C16H17N3OS/c1-10-6-7-14(9-13(10)5-4-8-17)19-16(20)15-11(2)18-12(3)21-15/h6-7,9H,8,17H2,1-3H3,(H,19,20). The van der Waals surface area contributed by atoms with E-state index in [9.17, 15) is 4.79 Å². The van der Waals surface area contributed by atoms with Crippen molar-refractivity contribution < 1.29 is 4.79 Å². The Labute approximate surface area is 128 Å². The van der Waals surface area contributed by atoms with E-state index < -0.39 is 0 Å². The summed E-state index contributed by atoms with van der Waals surface area (Å²) >= 11 is 1.40. The molecule has 3 N–H and O–H groups in total. The number of carbonyl (C=O) groups is 1. The van der Waals surface area contributed by atoms with E-state index in [2.05, 4.69) is 22.1 Å². The molecule has 0 atom stereocenters. The van der Waals surface area contributed by atoms with Crippen molar-refractivity contribution in [3.63, 3.8) is 0 Å². The van der Waals surface area contributed by atoms with Gasteiger partial charge in [-0.2, -0.15) is 0 Å². The van der Waals surface area contributed by atoms with Crippen LogP contribution in [0.3, 0.4) is 0 Å². The second-order valence-corrected chi connectivity index (χ2v) is 5.84. The number of benzene rings is 1. The smallest absolute Gasteiger partial charge is 0.267 e. The molecule has 0 saturated carbocycles. The first-order chi connectivity index (χ1) is 10.0. The van der Waals surface area contributed by atoms with Gasteiger partial charge >= 0.3 is 0 Å². The predicted molar refractivity (Wildman–Crippen MR) is 86.7 cm³/mol. The van der Waals surface area contributed by atoms with Crippen molar-refractivity contribution in [1.82, 2.24) is 4.98 Å². The summed E-state index contributed by atoms with van der Waals surface area (Å²) in [6.07, 6.45) is 0. The van der Waals surface area contributed by atoms with Crippen LogP contribution in [-0.4, -0.2) is 17.4 Å². The van der Waals surface area contributed by atoms with Crippen molar-refractivity contribution in [3.8, 4) is 11.8 Å². The van der Waals surface area contributed by atoms with Gasteiger partial charge in [-0.1, -0.05) is 17.9 Å². The van der Waals surface area contributed by atoms with Crippen LogP contribution in [0.15, 0.2) is 18.2 Å². The first kappa shape index (κ1) is 15.2. The molecule has 0 saturated heterocycles. The molecular formula is C16H17N3OS. The summed E-state index contributed by atoms with van der Waals surface area (Å²) in [5.74, 6) is 5.69. The van der Waals surface area contributed by atoms with E-state index in [0.29, 0.717) is 11.4 Å². The molecule has 0 radical (unpaired) electrons. The molecule has 21 heavy (non-hydrogen) atoms. The van der Waals surface area contributed by atoms with Crippen LogP contribution in [-0.2, 0) is 0 Å². The third kappa shape index (κ3) is 3.69. The monoisotopic (exact) mass is 299 g/mol. The Morgan fingerprint density at radius 1 is 1.38 bits per heavy atom. The Bertz CT molecular complexity index is 738. The summed E-state index contributed by atoms with van der Waals surface area (Å²) in [7, 11) is 0. The first-order valence-electron chi connectivity index (χ1n) is 6.56. The molecule has 2 aromatic rings. The minimum Gasteiger partial charge on any atom is -0.321 e. The number of carbonyl (C=O) groups excluding carboxylic acids is 1. The van der Waals surface area contributed by atoms with E-state index in [4.69, 9.17) is 5.73 Å². The number of aromatic nitrogens is 1. The van der Waals surface area contributed by atoms with Crippen LogP contribution in [0.4, 0.5) is 5.69 Å². The van der Waals surface area contributed by atoms with Crippen LogP contribution in [0, 0.1) is 32.6 Å². The molecule has 2 rings (SSSR count). The summed E-state index contributed by atoms with van der Waals surface area (Å²) in [4.78, 5) is 17.2. The number of aryl methyl sites for hydroxylation is 3. The molecule has 5 heteroatoms. The maximum absolute atomic E-state index is 12.3. The van der Waals surface area contributed by atoms with Gasteiger partial charge in [0, 0.05) is 11.3 Å². The molecule has 1 aromatic carbocycles. The van der Waals surface area contributed by atoms with Crippen molar-refractivity contribution in [1.29, 1.82) is 0 Å². The third-order valence-electron chi connectivity index (χ3n) is 2.93. The molecule has 1 aromatic heterocycles. The lowest BCUT2D eigenvalue weighted by atomic mass is 10.1. The van der Waals surface area contributed by atoms with E-state index in [1.807, 2.05) is 39.0 Å². The van der Waals surface area contributed by atoms with Gasteiger partial charge in [-0.3, -0.25) is 4.79 Å².